The monoisotopic (exact) mass is 452 g/mol. The summed E-state index contributed by atoms with van der Waals surface area (Å²) >= 11 is 6.77. The van der Waals surface area contributed by atoms with Crippen molar-refractivity contribution in [2.45, 2.75) is 31.5 Å². The van der Waals surface area contributed by atoms with Crippen molar-refractivity contribution in [1.82, 2.24) is 4.98 Å². The average molecular weight is 453 g/mol. The Balaban J connectivity index is 2.31. The molecular formula is C20H16ClF3N4OS. The van der Waals surface area contributed by atoms with Crippen LogP contribution in [0.4, 0.5) is 18.9 Å². The number of hydrogen-bond donors (Lipinski definition) is 0. The van der Waals surface area contributed by atoms with Crippen LogP contribution in [0.5, 0.6) is 0 Å². The number of nitrogens with zero attached hydrogens (tertiary/aromatic N) is 4. The number of thioether (sulfide) groups is 1. The van der Waals surface area contributed by atoms with Crippen LogP contribution in [-0.2, 0) is 11.0 Å². The summed E-state index contributed by atoms with van der Waals surface area (Å²) in [5.41, 5.74) is -0.352. The van der Waals surface area contributed by atoms with E-state index >= 15 is 0 Å². The third-order valence-electron chi connectivity index (χ3n) is 4.07. The highest BCUT2D eigenvalue weighted by Crippen LogP contribution is 2.36. The van der Waals surface area contributed by atoms with Gasteiger partial charge in [-0.05, 0) is 43.7 Å². The molecule has 2 rings (SSSR count). The Morgan fingerprint density at radius 3 is 2.53 bits per heavy atom. The molecule has 0 saturated heterocycles. The highest BCUT2D eigenvalue weighted by atomic mass is 35.5. The van der Waals surface area contributed by atoms with Crippen molar-refractivity contribution < 1.29 is 18.0 Å². The molecule has 0 aliphatic rings. The summed E-state index contributed by atoms with van der Waals surface area (Å²) in [6.45, 7) is 3.26. The van der Waals surface area contributed by atoms with Gasteiger partial charge < -0.3 is 4.90 Å². The Bertz CT molecular complexity index is 1040. The van der Waals surface area contributed by atoms with Gasteiger partial charge in [0.1, 0.15) is 11.1 Å². The number of halogens is 4. The number of hydrogen-bond acceptors (Lipinski definition) is 5. The number of anilines is 1. The molecule has 1 aromatic carbocycles. The minimum absolute atomic E-state index is 0.0719. The standard InChI is InChI=1S/C20H16ClF3N4OS/c1-12-8-14(4-5-17(12)21)28(7-3-6-25)18(29)11-30-19-15(10-26)16(20(22,23)24)9-13(2)27-19/h4-5,8-9H,3,7,11H2,1-2H3. The maximum Gasteiger partial charge on any atom is 0.417 e. The first-order valence-corrected chi connectivity index (χ1v) is 10.00. The Labute approximate surface area is 181 Å². The molecule has 1 aromatic heterocycles. The van der Waals surface area contributed by atoms with E-state index in [1.165, 1.54) is 11.8 Å². The van der Waals surface area contributed by atoms with E-state index < -0.39 is 23.2 Å². The van der Waals surface area contributed by atoms with E-state index in [1.807, 2.05) is 6.07 Å². The van der Waals surface area contributed by atoms with Crippen molar-refractivity contribution >= 4 is 35.0 Å². The molecule has 156 valence electrons. The van der Waals surface area contributed by atoms with Gasteiger partial charge in [0.2, 0.25) is 5.91 Å². The Kier molecular flexibility index (Phi) is 7.71. The van der Waals surface area contributed by atoms with Crippen molar-refractivity contribution in [2.24, 2.45) is 0 Å². The molecule has 0 unspecified atom stereocenters. The first-order chi connectivity index (χ1) is 14.1. The summed E-state index contributed by atoms with van der Waals surface area (Å²) < 4.78 is 39.7. The molecule has 0 atom stereocenters. The predicted octanol–water partition coefficient (Wildman–Crippen LogP) is 5.28. The zero-order chi connectivity index (χ0) is 22.5. The van der Waals surface area contributed by atoms with Crippen molar-refractivity contribution in [3.05, 3.63) is 51.7 Å². The first-order valence-electron chi connectivity index (χ1n) is 8.63. The molecule has 30 heavy (non-hydrogen) atoms. The van der Waals surface area contributed by atoms with Crippen LogP contribution >= 0.6 is 23.4 Å². The molecule has 0 bridgehead atoms. The van der Waals surface area contributed by atoms with Crippen LogP contribution in [0.15, 0.2) is 29.3 Å². The lowest BCUT2D eigenvalue weighted by atomic mass is 10.1. The fourth-order valence-electron chi connectivity index (χ4n) is 2.65. The number of carbonyl (C=O) groups is 1. The highest BCUT2D eigenvalue weighted by molar-refractivity contribution is 8.00. The van der Waals surface area contributed by atoms with Crippen molar-refractivity contribution in [2.75, 3.05) is 17.2 Å². The molecule has 0 fully saturated rings. The lowest BCUT2D eigenvalue weighted by molar-refractivity contribution is -0.138. The van der Waals surface area contributed by atoms with Gasteiger partial charge in [0, 0.05) is 22.9 Å². The van der Waals surface area contributed by atoms with Crippen LogP contribution in [-0.4, -0.2) is 23.2 Å². The molecule has 2 aromatic rings. The number of alkyl halides is 3. The molecule has 5 nitrogen and oxygen atoms in total. The van der Waals surface area contributed by atoms with Crippen LogP contribution in [0.3, 0.4) is 0 Å². The number of aryl methyl sites for hydroxylation is 2. The van der Waals surface area contributed by atoms with E-state index in [0.717, 1.165) is 23.4 Å². The fraction of sp³-hybridized carbons (Fsp3) is 0.300. The topological polar surface area (TPSA) is 80.8 Å². The van der Waals surface area contributed by atoms with Gasteiger partial charge in [-0.2, -0.15) is 23.7 Å². The van der Waals surface area contributed by atoms with E-state index in [2.05, 4.69) is 4.98 Å². The predicted molar refractivity (Wildman–Crippen MR) is 108 cm³/mol. The van der Waals surface area contributed by atoms with Crippen LogP contribution in [0.25, 0.3) is 0 Å². The van der Waals surface area contributed by atoms with Gasteiger partial charge >= 0.3 is 6.18 Å². The number of benzene rings is 1. The van der Waals surface area contributed by atoms with Gasteiger partial charge in [-0.1, -0.05) is 23.4 Å². The second kappa shape index (κ2) is 9.84. The number of carbonyl (C=O) groups excluding carboxylic acids is 1. The lowest BCUT2D eigenvalue weighted by Gasteiger charge is -2.22. The van der Waals surface area contributed by atoms with Gasteiger partial charge in [0.15, 0.2) is 0 Å². The molecule has 10 heteroatoms. The normalized spacial score (nSPS) is 10.9. The van der Waals surface area contributed by atoms with Gasteiger partial charge in [-0.3, -0.25) is 4.79 Å². The van der Waals surface area contributed by atoms with Crippen molar-refractivity contribution in [3.63, 3.8) is 0 Å². The van der Waals surface area contributed by atoms with Crippen molar-refractivity contribution in [3.8, 4) is 12.1 Å². The molecule has 0 aliphatic carbocycles. The molecule has 0 saturated carbocycles. The maximum atomic E-state index is 13.2. The minimum Gasteiger partial charge on any atom is -0.311 e. The summed E-state index contributed by atoms with van der Waals surface area (Å²) in [6.07, 6.45) is -4.64. The maximum absolute atomic E-state index is 13.2. The van der Waals surface area contributed by atoms with Gasteiger partial charge in [-0.25, -0.2) is 4.98 Å². The Hall–Kier alpha value is -2.75. The molecule has 0 aliphatic heterocycles. The zero-order valence-corrected chi connectivity index (χ0v) is 17.6. The van der Waals surface area contributed by atoms with Crippen LogP contribution in [0.1, 0.15) is 28.8 Å². The highest BCUT2D eigenvalue weighted by Gasteiger charge is 2.35. The number of amides is 1. The molecule has 1 heterocycles. The van der Waals surface area contributed by atoms with Crippen molar-refractivity contribution in [1.29, 1.82) is 10.5 Å². The Morgan fingerprint density at radius 1 is 1.27 bits per heavy atom. The van der Waals surface area contributed by atoms with Crippen LogP contribution < -0.4 is 4.90 Å². The molecule has 0 radical (unpaired) electrons. The Morgan fingerprint density at radius 2 is 1.97 bits per heavy atom. The average Bonchev–Trinajstić information content (AvgIpc) is 2.68. The fourth-order valence-corrected chi connectivity index (χ4v) is 3.69. The van der Waals surface area contributed by atoms with Crippen LogP contribution in [0, 0.1) is 36.5 Å². The summed E-state index contributed by atoms with van der Waals surface area (Å²) in [6, 6.07) is 9.26. The number of nitriles is 2. The number of rotatable bonds is 6. The van der Waals surface area contributed by atoms with Crippen LogP contribution in [0.2, 0.25) is 5.02 Å². The number of pyridine rings is 1. The van der Waals surface area contributed by atoms with E-state index in [-0.39, 0.29) is 29.4 Å². The molecular weight excluding hydrogens is 437 g/mol. The summed E-state index contributed by atoms with van der Waals surface area (Å²) in [7, 11) is 0. The third-order valence-corrected chi connectivity index (χ3v) is 5.45. The van der Waals surface area contributed by atoms with E-state index in [4.69, 9.17) is 16.9 Å². The minimum atomic E-state index is -4.71. The molecule has 0 spiro atoms. The second-order valence-electron chi connectivity index (χ2n) is 6.28. The van der Waals surface area contributed by atoms with E-state index in [1.54, 1.807) is 31.2 Å². The first kappa shape index (κ1) is 23.5. The molecule has 0 N–H and O–H groups in total. The van der Waals surface area contributed by atoms with Gasteiger partial charge in [-0.15, -0.1) is 0 Å². The smallest absolute Gasteiger partial charge is 0.311 e. The van der Waals surface area contributed by atoms with Gasteiger partial charge in [0.05, 0.1) is 29.4 Å². The van der Waals surface area contributed by atoms with E-state index in [9.17, 15) is 23.2 Å². The van der Waals surface area contributed by atoms with Gasteiger partial charge in [0.25, 0.3) is 0 Å². The summed E-state index contributed by atoms with van der Waals surface area (Å²) in [5.74, 6) is -0.687. The summed E-state index contributed by atoms with van der Waals surface area (Å²) in [5, 5.41) is 18.5. The lowest BCUT2D eigenvalue weighted by Crippen LogP contribution is -2.33. The second-order valence-corrected chi connectivity index (χ2v) is 7.65. The zero-order valence-electron chi connectivity index (χ0n) is 16.0. The third kappa shape index (κ3) is 5.65. The molecule has 1 amide bonds. The SMILES string of the molecule is Cc1cc(C(F)(F)F)c(C#N)c(SCC(=O)N(CCC#N)c2ccc(Cl)c(C)c2)n1. The number of aromatic nitrogens is 1. The largest absolute Gasteiger partial charge is 0.417 e. The van der Waals surface area contributed by atoms with E-state index in [0.29, 0.717) is 10.7 Å². The summed E-state index contributed by atoms with van der Waals surface area (Å²) in [4.78, 5) is 18.2. The quantitative estimate of drug-likeness (QED) is 0.557.